The molecule has 0 spiro atoms. The van der Waals surface area contributed by atoms with Crippen molar-refractivity contribution < 1.29 is 14.4 Å². The summed E-state index contributed by atoms with van der Waals surface area (Å²) < 4.78 is 0. The molecule has 2 N–H and O–H groups in total. The number of nitrogens with zero attached hydrogens (tertiary/aromatic N) is 4. The summed E-state index contributed by atoms with van der Waals surface area (Å²) in [5.74, 6) is -0.122. The SMILES string of the molecule is O=C1CN(C(=O)c2ccc(NC(=O)C3CCCN(c4ncccn4)C3)cc2)c2ccccc2N1. The van der Waals surface area contributed by atoms with Crippen LogP contribution in [-0.2, 0) is 9.59 Å². The average Bonchev–Trinajstić information content (AvgIpc) is 2.89. The molecule has 0 saturated carbocycles. The monoisotopic (exact) mass is 456 g/mol. The molecule has 1 unspecified atom stereocenters. The molecule has 5 rings (SSSR count). The lowest BCUT2D eigenvalue weighted by Crippen LogP contribution is -2.42. The minimum absolute atomic E-state index is 0.0440. The van der Waals surface area contributed by atoms with Gasteiger partial charge in [-0.2, -0.15) is 0 Å². The number of piperidine rings is 1. The number of hydrogen-bond donors (Lipinski definition) is 2. The number of nitrogens with one attached hydrogen (secondary N) is 2. The van der Waals surface area contributed by atoms with Crippen molar-refractivity contribution in [3.05, 3.63) is 72.6 Å². The van der Waals surface area contributed by atoms with Gasteiger partial charge in [-0.15, -0.1) is 0 Å². The van der Waals surface area contributed by atoms with Gasteiger partial charge in [-0.1, -0.05) is 12.1 Å². The molecule has 1 fully saturated rings. The predicted molar refractivity (Wildman–Crippen MR) is 129 cm³/mol. The number of carbonyl (C=O) groups is 3. The molecule has 9 nitrogen and oxygen atoms in total. The Kier molecular flexibility index (Phi) is 5.90. The van der Waals surface area contributed by atoms with Crippen molar-refractivity contribution in [2.75, 3.05) is 40.1 Å². The first-order chi connectivity index (χ1) is 16.6. The maximum absolute atomic E-state index is 13.1. The van der Waals surface area contributed by atoms with Crippen LogP contribution in [-0.4, -0.2) is 47.3 Å². The van der Waals surface area contributed by atoms with Crippen molar-refractivity contribution in [1.82, 2.24) is 9.97 Å². The molecular weight excluding hydrogens is 432 g/mol. The van der Waals surface area contributed by atoms with Crippen molar-refractivity contribution in [3.63, 3.8) is 0 Å². The molecule has 2 aliphatic heterocycles. The van der Waals surface area contributed by atoms with E-state index < -0.39 is 0 Å². The van der Waals surface area contributed by atoms with E-state index in [1.54, 1.807) is 54.9 Å². The third-order valence-corrected chi connectivity index (χ3v) is 6.04. The highest BCUT2D eigenvalue weighted by Crippen LogP contribution is 2.30. The van der Waals surface area contributed by atoms with Crippen LogP contribution >= 0.6 is 0 Å². The molecule has 3 heterocycles. The number of amides is 3. The lowest BCUT2D eigenvalue weighted by atomic mass is 9.97. The summed E-state index contributed by atoms with van der Waals surface area (Å²) in [4.78, 5) is 50.1. The Bertz CT molecular complexity index is 1210. The molecule has 0 aliphatic carbocycles. The Morgan fingerprint density at radius 3 is 2.56 bits per heavy atom. The zero-order valence-electron chi connectivity index (χ0n) is 18.5. The Labute approximate surface area is 196 Å². The summed E-state index contributed by atoms with van der Waals surface area (Å²) in [6.45, 7) is 1.34. The van der Waals surface area contributed by atoms with Gasteiger partial charge in [-0.25, -0.2) is 9.97 Å². The van der Waals surface area contributed by atoms with Crippen LogP contribution in [0.2, 0.25) is 0 Å². The van der Waals surface area contributed by atoms with E-state index in [4.69, 9.17) is 0 Å². The second kappa shape index (κ2) is 9.30. The fraction of sp³-hybridized carbons (Fsp3) is 0.240. The fourth-order valence-electron chi connectivity index (χ4n) is 4.34. The van der Waals surface area contributed by atoms with Crippen molar-refractivity contribution >= 4 is 40.7 Å². The second-order valence-electron chi connectivity index (χ2n) is 8.36. The van der Waals surface area contributed by atoms with Crippen LogP contribution in [0.4, 0.5) is 23.0 Å². The molecule has 9 heteroatoms. The van der Waals surface area contributed by atoms with E-state index in [-0.39, 0.29) is 30.2 Å². The Morgan fingerprint density at radius 2 is 1.76 bits per heavy atom. The zero-order chi connectivity index (χ0) is 23.5. The highest BCUT2D eigenvalue weighted by molar-refractivity contribution is 6.15. The highest BCUT2D eigenvalue weighted by atomic mass is 16.2. The molecular formula is C25H24N6O3. The van der Waals surface area contributed by atoms with E-state index in [1.165, 1.54) is 4.90 Å². The number of anilines is 4. The Hall–Kier alpha value is -4.27. The van der Waals surface area contributed by atoms with Gasteiger partial charge in [0, 0.05) is 36.7 Å². The smallest absolute Gasteiger partial charge is 0.258 e. The summed E-state index contributed by atoms with van der Waals surface area (Å²) >= 11 is 0. The fourth-order valence-corrected chi connectivity index (χ4v) is 4.34. The summed E-state index contributed by atoms with van der Waals surface area (Å²) in [6.07, 6.45) is 5.07. The first-order valence-electron chi connectivity index (χ1n) is 11.2. The lowest BCUT2D eigenvalue weighted by Gasteiger charge is -2.31. The summed E-state index contributed by atoms with van der Waals surface area (Å²) in [6, 6.07) is 15.7. The van der Waals surface area contributed by atoms with Gasteiger partial charge in [0.25, 0.3) is 5.91 Å². The number of hydrogen-bond acceptors (Lipinski definition) is 6. The first-order valence-corrected chi connectivity index (χ1v) is 11.2. The minimum Gasteiger partial charge on any atom is -0.340 e. The highest BCUT2D eigenvalue weighted by Gasteiger charge is 2.29. The number of rotatable bonds is 4. The molecule has 3 aromatic rings. The maximum Gasteiger partial charge on any atom is 0.258 e. The van der Waals surface area contributed by atoms with E-state index in [9.17, 15) is 14.4 Å². The van der Waals surface area contributed by atoms with E-state index in [0.29, 0.717) is 35.1 Å². The van der Waals surface area contributed by atoms with Crippen molar-refractivity contribution in [2.24, 2.45) is 5.92 Å². The van der Waals surface area contributed by atoms with Crippen LogP contribution < -0.4 is 20.4 Å². The molecule has 1 saturated heterocycles. The Balaban J connectivity index is 1.24. The number of benzene rings is 2. The van der Waals surface area contributed by atoms with E-state index >= 15 is 0 Å². The largest absolute Gasteiger partial charge is 0.340 e. The molecule has 3 amide bonds. The summed E-state index contributed by atoms with van der Waals surface area (Å²) in [5.41, 5.74) is 2.33. The third-order valence-electron chi connectivity index (χ3n) is 6.04. The molecule has 172 valence electrons. The average molecular weight is 457 g/mol. The van der Waals surface area contributed by atoms with Gasteiger partial charge in [0.15, 0.2) is 0 Å². The van der Waals surface area contributed by atoms with Gasteiger partial charge in [0.05, 0.1) is 17.3 Å². The van der Waals surface area contributed by atoms with Gasteiger partial charge < -0.3 is 15.5 Å². The predicted octanol–water partition coefficient (Wildman–Crippen LogP) is 2.93. The first kappa shape index (κ1) is 21.6. The van der Waals surface area contributed by atoms with Gasteiger partial charge in [0.1, 0.15) is 6.54 Å². The van der Waals surface area contributed by atoms with Crippen LogP contribution in [0.5, 0.6) is 0 Å². The van der Waals surface area contributed by atoms with Crippen LogP contribution in [0, 0.1) is 5.92 Å². The van der Waals surface area contributed by atoms with Gasteiger partial charge >= 0.3 is 0 Å². The van der Waals surface area contributed by atoms with Crippen molar-refractivity contribution in [2.45, 2.75) is 12.8 Å². The molecule has 34 heavy (non-hydrogen) atoms. The number of para-hydroxylation sites is 2. The number of fused-ring (bicyclic) bond motifs is 1. The molecule has 1 atom stereocenters. The molecule has 0 radical (unpaired) electrons. The molecule has 2 aromatic carbocycles. The topological polar surface area (TPSA) is 108 Å². The van der Waals surface area contributed by atoms with E-state index in [1.807, 2.05) is 17.0 Å². The van der Waals surface area contributed by atoms with Gasteiger partial charge in [-0.05, 0) is 55.3 Å². The van der Waals surface area contributed by atoms with E-state index in [0.717, 1.165) is 19.4 Å². The quantitative estimate of drug-likeness (QED) is 0.625. The van der Waals surface area contributed by atoms with Crippen LogP contribution in [0.25, 0.3) is 0 Å². The molecule has 1 aromatic heterocycles. The lowest BCUT2D eigenvalue weighted by molar-refractivity contribution is -0.120. The molecule has 0 bridgehead atoms. The van der Waals surface area contributed by atoms with Crippen LogP contribution in [0.3, 0.4) is 0 Å². The van der Waals surface area contributed by atoms with Crippen LogP contribution in [0.15, 0.2) is 67.0 Å². The van der Waals surface area contributed by atoms with Gasteiger partial charge in [0.2, 0.25) is 17.8 Å². The minimum atomic E-state index is -0.272. The van der Waals surface area contributed by atoms with Crippen molar-refractivity contribution in [3.8, 4) is 0 Å². The standard InChI is InChI=1S/C25H24N6O3/c32-22-16-31(21-7-2-1-6-20(21)29-22)24(34)17-8-10-19(11-9-17)28-23(33)18-5-3-14-30(15-18)25-26-12-4-13-27-25/h1-2,4,6-13,18H,3,5,14-16H2,(H,28,33)(H,29,32). The Morgan fingerprint density at radius 1 is 1.00 bits per heavy atom. The van der Waals surface area contributed by atoms with E-state index in [2.05, 4.69) is 20.6 Å². The third kappa shape index (κ3) is 4.45. The summed E-state index contributed by atoms with van der Waals surface area (Å²) in [5, 5.41) is 5.74. The number of carbonyl (C=O) groups excluding carboxylic acids is 3. The maximum atomic E-state index is 13.1. The molecule has 2 aliphatic rings. The van der Waals surface area contributed by atoms with Gasteiger partial charge in [-0.3, -0.25) is 19.3 Å². The van der Waals surface area contributed by atoms with Crippen molar-refractivity contribution in [1.29, 1.82) is 0 Å². The zero-order valence-corrected chi connectivity index (χ0v) is 18.5. The van der Waals surface area contributed by atoms with Crippen LogP contribution in [0.1, 0.15) is 23.2 Å². The number of aromatic nitrogens is 2. The normalized spacial score (nSPS) is 17.5. The second-order valence-corrected chi connectivity index (χ2v) is 8.36. The summed E-state index contributed by atoms with van der Waals surface area (Å²) in [7, 11) is 0.